The molecule has 0 atom stereocenters. The molecule has 0 saturated heterocycles. The third kappa shape index (κ3) is 7.66. The van der Waals surface area contributed by atoms with Gasteiger partial charge in [0.15, 0.2) is 0 Å². The largest absolute Gasteiger partial charge is 0.497 e. The van der Waals surface area contributed by atoms with Crippen molar-refractivity contribution in [3.63, 3.8) is 0 Å². The van der Waals surface area contributed by atoms with E-state index in [1.807, 2.05) is 24.3 Å². The molecule has 0 unspecified atom stereocenters. The minimum absolute atomic E-state index is 0. The number of hydrogen-bond acceptors (Lipinski definition) is 4. The van der Waals surface area contributed by atoms with E-state index in [0.717, 1.165) is 11.3 Å². The Bertz CT molecular complexity index is 357. The third-order valence-electron chi connectivity index (χ3n) is 2.33. The van der Waals surface area contributed by atoms with Crippen molar-refractivity contribution >= 4 is 18.3 Å². The number of ether oxygens (including phenoxy) is 2. The molecule has 0 aromatic heterocycles. The molecule has 1 rings (SSSR count). The van der Waals surface area contributed by atoms with E-state index in [2.05, 4.69) is 10.6 Å². The molecule has 108 valence electrons. The molecule has 19 heavy (non-hydrogen) atoms. The SMILES string of the molecule is CNCC(=O)NCCOCc1ccc(OC)cc1.Cl. The molecule has 1 aromatic rings. The van der Waals surface area contributed by atoms with E-state index in [-0.39, 0.29) is 18.3 Å². The number of carbonyl (C=O) groups is 1. The summed E-state index contributed by atoms with van der Waals surface area (Å²) in [6.07, 6.45) is 0. The van der Waals surface area contributed by atoms with E-state index in [1.165, 1.54) is 0 Å². The first-order valence-corrected chi connectivity index (χ1v) is 5.88. The molecule has 6 heteroatoms. The van der Waals surface area contributed by atoms with Gasteiger partial charge in [-0.2, -0.15) is 0 Å². The summed E-state index contributed by atoms with van der Waals surface area (Å²) in [6, 6.07) is 7.71. The van der Waals surface area contributed by atoms with Crippen molar-refractivity contribution in [3.05, 3.63) is 29.8 Å². The number of likely N-dealkylation sites (N-methyl/N-ethyl adjacent to an activating group) is 1. The van der Waals surface area contributed by atoms with Gasteiger partial charge in [0.2, 0.25) is 5.91 Å². The zero-order valence-corrected chi connectivity index (χ0v) is 12.1. The summed E-state index contributed by atoms with van der Waals surface area (Å²) in [7, 11) is 3.37. The normalized spacial score (nSPS) is 9.58. The van der Waals surface area contributed by atoms with Crippen LogP contribution in [0.3, 0.4) is 0 Å². The first kappa shape index (κ1) is 17.7. The van der Waals surface area contributed by atoms with Crippen LogP contribution in [0.5, 0.6) is 5.75 Å². The van der Waals surface area contributed by atoms with Crippen molar-refractivity contribution in [1.82, 2.24) is 10.6 Å². The van der Waals surface area contributed by atoms with Gasteiger partial charge in [-0.15, -0.1) is 12.4 Å². The highest BCUT2D eigenvalue weighted by molar-refractivity contribution is 5.85. The summed E-state index contributed by atoms with van der Waals surface area (Å²) in [6.45, 7) is 1.89. The molecule has 0 heterocycles. The predicted molar refractivity (Wildman–Crippen MR) is 76.8 cm³/mol. The van der Waals surface area contributed by atoms with Crippen LogP contribution in [0.1, 0.15) is 5.56 Å². The Labute approximate surface area is 120 Å². The molecular formula is C13H21ClN2O3. The smallest absolute Gasteiger partial charge is 0.234 e. The number of benzene rings is 1. The fraction of sp³-hybridized carbons (Fsp3) is 0.462. The molecule has 0 saturated carbocycles. The van der Waals surface area contributed by atoms with Gasteiger partial charge in [0, 0.05) is 6.54 Å². The van der Waals surface area contributed by atoms with Gasteiger partial charge in [0.25, 0.3) is 0 Å². The first-order chi connectivity index (χ1) is 8.76. The Balaban J connectivity index is 0.00000324. The van der Waals surface area contributed by atoms with Gasteiger partial charge in [0.05, 0.1) is 26.9 Å². The van der Waals surface area contributed by atoms with Gasteiger partial charge >= 0.3 is 0 Å². The standard InChI is InChI=1S/C13H20N2O3.ClH/c1-14-9-13(16)15-7-8-18-10-11-3-5-12(17-2)6-4-11;/h3-6,14H,7-10H2,1-2H3,(H,15,16);1H. The van der Waals surface area contributed by atoms with Gasteiger partial charge in [0.1, 0.15) is 5.75 Å². The molecule has 0 aliphatic rings. The zero-order valence-electron chi connectivity index (χ0n) is 11.3. The summed E-state index contributed by atoms with van der Waals surface area (Å²) in [5.74, 6) is 0.809. The second-order valence-corrected chi connectivity index (χ2v) is 3.78. The highest BCUT2D eigenvalue weighted by atomic mass is 35.5. The first-order valence-electron chi connectivity index (χ1n) is 5.88. The highest BCUT2D eigenvalue weighted by Gasteiger charge is 1.98. The van der Waals surface area contributed by atoms with Crippen LogP contribution in [0.25, 0.3) is 0 Å². The molecular weight excluding hydrogens is 268 g/mol. The monoisotopic (exact) mass is 288 g/mol. The van der Waals surface area contributed by atoms with Crippen molar-refractivity contribution in [2.24, 2.45) is 0 Å². The van der Waals surface area contributed by atoms with Crippen LogP contribution in [0, 0.1) is 0 Å². The summed E-state index contributed by atoms with van der Waals surface area (Å²) in [5.41, 5.74) is 1.08. The number of carbonyl (C=O) groups excluding carboxylic acids is 1. The van der Waals surface area contributed by atoms with Crippen molar-refractivity contribution in [2.75, 3.05) is 33.9 Å². The van der Waals surface area contributed by atoms with Crippen LogP contribution < -0.4 is 15.4 Å². The van der Waals surface area contributed by atoms with E-state index in [0.29, 0.717) is 26.3 Å². The summed E-state index contributed by atoms with van der Waals surface area (Å²) >= 11 is 0. The van der Waals surface area contributed by atoms with Crippen molar-refractivity contribution in [2.45, 2.75) is 6.61 Å². The lowest BCUT2D eigenvalue weighted by atomic mass is 10.2. The second-order valence-electron chi connectivity index (χ2n) is 3.78. The maximum Gasteiger partial charge on any atom is 0.234 e. The lowest BCUT2D eigenvalue weighted by Gasteiger charge is -2.07. The van der Waals surface area contributed by atoms with Gasteiger partial charge in [-0.25, -0.2) is 0 Å². The van der Waals surface area contributed by atoms with E-state index >= 15 is 0 Å². The van der Waals surface area contributed by atoms with Crippen molar-refractivity contribution in [3.8, 4) is 5.75 Å². The van der Waals surface area contributed by atoms with Crippen LogP contribution in [-0.4, -0.2) is 39.8 Å². The molecule has 5 nitrogen and oxygen atoms in total. The average molecular weight is 289 g/mol. The van der Waals surface area contributed by atoms with Gasteiger partial charge in [-0.1, -0.05) is 12.1 Å². The zero-order chi connectivity index (χ0) is 13.2. The Kier molecular flexibility index (Phi) is 9.88. The maximum atomic E-state index is 11.1. The maximum absolute atomic E-state index is 11.1. The van der Waals surface area contributed by atoms with Gasteiger partial charge in [-0.05, 0) is 24.7 Å². The number of methoxy groups -OCH3 is 1. The van der Waals surface area contributed by atoms with Crippen LogP contribution >= 0.6 is 12.4 Å². The van der Waals surface area contributed by atoms with E-state index < -0.39 is 0 Å². The second kappa shape index (κ2) is 10.6. The molecule has 1 amide bonds. The Morgan fingerprint density at radius 3 is 2.53 bits per heavy atom. The number of rotatable bonds is 8. The van der Waals surface area contributed by atoms with Crippen molar-refractivity contribution in [1.29, 1.82) is 0 Å². The topological polar surface area (TPSA) is 59.6 Å². The highest BCUT2D eigenvalue weighted by Crippen LogP contribution is 2.11. The molecule has 2 N–H and O–H groups in total. The van der Waals surface area contributed by atoms with Gasteiger partial charge < -0.3 is 20.1 Å². The number of amides is 1. The molecule has 0 spiro atoms. The Morgan fingerprint density at radius 1 is 1.26 bits per heavy atom. The van der Waals surface area contributed by atoms with Gasteiger partial charge in [-0.3, -0.25) is 4.79 Å². The molecule has 0 radical (unpaired) electrons. The molecule has 0 bridgehead atoms. The Hall–Kier alpha value is -1.30. The average Bonchev–Trinajstić information content (AvgIpc) is 2.39. The molecule has 1 aromatic carbocycles. The van der Waals surface area contributed by atoms with Crippen LogP contribution in [0.2, 0.25) is 0 Å². The van der Waals surface area contributed by atoms with E-state index in [1.54, 1.807) is 14.2 Å². The molecule has 0 aliphatic heterocycles. The van der Waals surface area contributed by atoms with Crippen LogP contribution in [0.4, 0.5) is 0 Å². The van der Waals surface area contributed by atoms with E-state index in [9.17, 15) is 4.79 Å². The van der Waals surface area contributed by atoms with Crippen LogP contribution in [-0.2, 0) is 16.1 Å². The van der Waals surface area contributed by atoms with Crippen LogP contribution in [0.15, 0.2) is 24.3 Å². The predicted octanol–water partition coefficient (Wildman–Crippen LogP) is 0.969. The van der Waals surface area contributed by atoms with E-state index in [4.69, 9.17) is 9.47 Å². The third-order valence-corrected chi connectivity index (χ3v) is 2.33. The lowest BCUT2D eigenvalue weighted by Crippen LogP contribution is -2.34. The number of halogens is 1. The minimum atomic E-state index is -0.0226. The molecule has 0 aliphatic carbocycles. The fourth-order valence-corrected chi connectivity index (χ4v) is 1.40. The fourth-order valence-electron chi connectivity index (χ4n) is 1.40. The number of nitrogens with one attached hydrogen (secondary N) is 2. The summed E-state index contributed by atoms with van der Waals surface area (Å²) in [4.78, 5) is 11.1. The quantitative estimate of drug-likeness (QED) is 0.700. The molecule has 0 fully saturated rings. The summed E-state index contributed by atoms with van der Waals surface area (Å²) < 4.78 is 10.5. The Morgan fingerprint density at radius 2 is 1.95 bits per heavy atom. The van der Waals surface area contributed by atoms with Crippen molar-refractivity contribution < 1.29 is 14.3 Å². The lowest BCUT2D eigenvalue weighted by molar-refractivity contribution is -0.120. The summed E-state index contributed by atoms with van der Waals surface area (Å²) in [5, 5.41) is 5.52. The minimum Gasteiger partial charge on any atom is -0.497 e. The number of hydrogen-bond donors (Lipinski definition) is 2.